The van der Waals surface area contributed by atoms with Crippen LogP contribution in [0.2, 0.25) is 0 Å². The van der Waals surface area contributed by atoms with Gasteiger partial charge in [0.1, 0.15) is 25.3 Å². The second-order valence-corrected chi connectivity index (χ2v) is 3.03. The zero-order valence-corrected chi connectivity index (χ0v) is 8.94. The molecule has 10 heteroatoms. The van der Waals surface area contributed by atoms with Crippen molar-refractivity contribution in [3.05, 3.63) is 37.7 Å². The van der Waals surface area contributed by atoms with Crippen molar-refractivity contribution in [1.82, 2.24) is 49.4 Å². The Labute approximate surface area is 99.4 Å². The van der Waals surface area contributed by atoms with Crippen LogP contribution >= 0.6 is 0 Å². The predicted molar refractivity (Wildman–Crippen MR) is 57.2 cm³/mol. The highest BCUT2D eigenvalue weighted by molar-refractivity contribution is 5.20. The van der Waals surface area contributed by atoms with E-state index in [2.05, 4.69) is 40.3 Å². The summed E-state index contributed by atoms with van der Waals surface area (Å²) in [6, 6.07) is 0. The largest absolute Gasteiger partial charge is 0.271 e. The zero-order valence-electron chi connectivity index (χ0n) is 8.94. The molecule has 0 bridgehead atoms. The summed E-state index contributed by atoms with van der Waals surface area (Å²) in [5.74, 6) is 1.10. The van der Waals surface area contributed by atoms with Crippen LogP contribution in [0.25, 0.3) is 11.6 Å². The lowest BCUT2D eigenvalue weighted by Crippen LogP contribution is -1.90. The van der Waals surface area contributed by atoms with E-state index in [0.29, 0.717) is 11.6 Å². The molecule has 10 nitrogen and oxygen atoms in total. The first kappa shape index (κ1) is 10.1. The van der Waals surface area contributed by atoms with E-state index in [1.54, 1.807) is 23.2 Å². The summed E-state index contributed by atoms with van der Waals surface area (Å²) >= 11 is 0. The zero-order chi connectivity index (χ0) is 12.2. The van der Waals surface area contributed by atoms with Crippen LogP contribution in [0.3, 0.4) is 0 Å². The molecule has 0 saturated heterocycles. The number of aromatic nitrogens is 10. The summed E-state index contributed by atoms with van der Waals surface area (Å²) in [5.41, 5.74) is 0. The number of rotatable bonds is 0. The molecule has 0 aliphatic carbocycles. The van der Waals surface area contributed by atoms with Crippen LogP contribution in [-0.2, 0) is 0 Å². The summed E-state index contributed by atoms with van der Waals surface area (Å²) in [5, 5.41) is 14.9. The maximum absolute atomic E-state index is 3.82. The Morgan fingerprint density at radius 3 is 2.44 bits per heavy atom. The Kier molecular flexibility index (Phi) is 2.50. The average molecular weight is 242 g/mol. The summed E-state index contributed by atoms with van der Waals surface area (Å²) < 4.78 is 3.05. The highest BCUT2D eigenvalue weighted by Crippen LogP contribution is 1.85. The van der Waals surface area contributed by atoms with Gasteiger partial charge in [0.05, 0.1) is 12.4 Å². The van der Waals surface area contributed by atoms with E-state index < -0.39 is 0 Å². The van der Waals surface area contributed by atoms with Gasteiger partial charge in [-0.2, -0.15) is 34.8 Å². The quantitative estimate of drug-likeness (QED) is 0.387. The Hall–Kier alpha value is -3.04. The third-order valence-electron chi connectivity index (χ3n) is 1.95. The fraction of sp³-hybridized carbons (Fsp3) is 0. The first-order valence-corrected chi connectivity index (χ1v) is 4.86. The predicted octanol–water partition coefficient (Wildman–Crippen LogP) is -0.961. The molecule has 0 atom stereocenters. The van der Waals surface area contributed by atoms with Crippen LogP contribution in [0.5, 0.6) is 0 Å². The Morgan fingerprint density at radius 2 is 1.61 bits per heavy atom. The minimum atomic E-state index is 0.525. The smallest absolute Gasteiger partial charge is 0.225 e. The van der Waals surface area contributed by atoms with Gasteiger partial charge in [0.15, 0.2) is 0 Å². The molecule has 4 aromatic rings. The normalized spacial score (nSPS) is 10.2. The molecule has 4 heterocycles. The van der Waals surface area contributed by atoms with Crippen molar-refractivity contribution >= 4 is 11.6 Å². The van der Waals surface area contributed by atoms with Gasteiger partial charge in [-0.15, -0.1) is 5.10 Å². The van der Waals surface area contributed by atoms with Crippen molar-refractivity contribution in [2.45, 2.75) is 0 Å². The molecule has 4 aromatic heterocycles. The van der Waals surface area contributed by atoms with E-state index in [-0.39, 0.29) is 0 Å². The standard InChI is InChI=1S/2C4H3N5/c1-5-3-9-4(6-1)7-2-8-9;1-2-9-4(8-6-1)5-3-7-9/h2*1-3H. The maximum atomic E-state index is 3.82. The van der Waals surface area contributed by atoms with Gasteiger partial charge < -0.3 is 0 Å². The van der Waals surface area contributed by atoms with Crippen LogP contribution in [0.4, 0.5) is 0 Å². The molecular formula is C8H6N10. The SMILES string of the molecule is c1cn2ncnc2nn1.c1ncn2ncnc2n1. The van der Waals surface area contributed by atoms with Gasteiger partial charge >= 0.3 is 0 Å². The number of hydrogen-bond acceptors (Lipinski definition) is 8. The summed E-state index contributed by atoms with van der Waals surface area (Å²) in [7, 11) is 0. The Balaban J connectivity index is 0.000000111. The highest BCUT2D eigenvalue weighted by Gasteiger charge is 1.90. The maximum Gasteiger partial charge on any atom is 0.271 e. The highest BCUT2D eigenvalue weighted by atomic mass is 15.3. The third kappa shape index (κ3) is 1.93. The van der Waals surface area contributed by atoms with Crippen LogP contribution in [0.1, 0.15) is 0 Å². The lowest BCUT2D eigenvalue weighted by Gasteiger charge is -1.82. The lowest BCUT2D eigenvalue weighted by molar-refractivity contribution is 0.886. The van der Waals surface area contributed by atoms with Gasteiger partial charge in [0.2, 0.25) is 0 Å². The number of fused-ring (bicyclic) bond motifs is 2. The van der Waals surface area contributed by atoms with E-state index in [9.17, 15) is 0 Å². The number of nitrogens with zero attached hydrogens (tertiary/aromatic N) is 10. The van der Waals surface area contributed by atoms with Crippen molar-refractivity contribution in [2.75, 3.05) is 0 Å². The molecule has 0 aliphatic heterocycles. The number of hydrogen-bond donors (Lipinski definition) is 0. The minimum Gasteiger partial charge on any atom is -0.225 e. The van der Waals surface area contributed by atoms with Crippen LogP contribution in [0.15, 0.2) is 37.7 Å². The van der Waals surface area contributed by atoms with Gasteiger partial charge in [0, 0.05) is 0 Å². The molecule has 0 aromatic carbocycles. The molecule has 0 unspecified atom stereocenters. The molecule has 0 radical (unpaired) electrons. The van der Waals surface area contributed by atoms with Gasteiger partial charge in [-0.1, -0.05) is 0 Å². The van der Waals surface area contributed by atoms with Gasteiger partial charge in [-0.05, 0) is 0 Å². The summed E-state index contributed by atoms with van der Waals surface area (Å²) in [6.07, 6.45) is 9.10. The minimum absolute atomic E-state index is 0.525. The van der Waals surface area contributed by atoms with E-state index in [4.69, 9.17) is 0 Å². The molecule has 4 rings (SSSR count). The fourth-order valence-electron chi connectivity index (χ4n) is 1.19. The van der Waals surface area contributed by atoms with Crippen molar-refractivity contribution in [3.63, 3.8) is 0 Å². The average Bonchev–Trinajstić information content (AvgIpc) is 3.08. The Bertz CT molecular complexity index is 632. The fourth-order valence-corrected chi connectivity index (χ4v) is 1.19. The van der Waals surface area contributed by atoms with E-state index in [0.717, 1.165) is 0 Å². The van der Waals surface area contributed by atoms with E-state index in [1.807, 2.05) is 0 Å². The Morgan fingerprint density at radius 1 is 0.833 bits per heavy atom. The second-order valence-electron chi connectivity index (χ2n) is 3.03. The molecule has 0 amide bonds. The van der Waals surface area contributed by atoms with Crippen LogP contribution in [0, 0.1) is 0 Å². The van der Waals surface area contributed by atoms with E-state index in [1.165, 1.54) is 23.5 Å². The lowest BCUT2D eigenvalue weighted by atomic mass is 10.9. The van der Waals surface area contributed by atoms with Crippen molar-refractivity contribution in [3.8, 4) is 0 Å². The molecule has 0 N–H and O–H groups in total. The molecule has 18 heavy (non-hydrogen) atoms. The first-order valence-electron chi connectivity index (χ1n) is 4.86. The molecule has 0 fully saturated rings. The van der Waals surface area contributed by atoms with Crippen molar-refractivity contribution in [2.24, 2.45) is 0 Å². The van der Waals surface area contributed by atoms with Crippen LogP contribution in [-0.4, -0.2) is 49.4 Å². The monoisotopic (exact) mass is 242 g/mol. The van der Waals surface area contributed by atoms with Gasteiger partial charge in [0.25, 0.3) is 11.6 Å². The van der Waals surface area contributed by atoms with Crippen LogP contribution < -0.4 is 0 Å². The first-order chi connectivity index (χ1) is 8.93. The molecule has 88 valence electrons. The topological polar surface area (TPSA) is 112 Å². The molecule has 0 spiro atoms. The second kappa shape index (κ2) is 4.45. The molecule has 0 aliphatic rings. The van der Waals surface area contributed by atoms with Crippen molar-refractivity contribution in [1.29, 1.82) is 0 Å². The van der Waals surface area contributed by atoms with Crippen molar-refractivity contribution < 1.29 is 0 Å². The summed E-state index contributed by atoms with van der Waals surface area (Å²) in [4.78, 5) is 15.2. The molecule has 0 saturated carbocycles. The van der Waals surface area contributed by atoms with Gasteiger partial charge in [-0.3, -0.25) is 0 Å². The van der Waals surface area contributed by atoms with E-state index >= 15 is 0 Å². The third-order valence-corrected chi connectivity index (χ3v) is 1.95. The molecular weight excluding hydrogens is 236 g/mol. The van der Waals surface area contributed by atoms with Gasteiger partial charge in [-0.25, -0.2) is 9.50 Å². The summed E-state index contributed by atoms with van der Waals surface area (Å²) in [6.45, 7) is 0.